The third-order valence-corrected chi connectivity index (χ3v) is 4.94. The van der Waals surface area contributed by atoms with Gasteiger partial charge in [0.15, 0.2) is 0 Å². The van der Waals surface area contributed by atoms with E-state index in [-0.39, 0.29) is 12.1 Å². The van der Waals surface area contributed by atoms with Gasteiger partial charge in [-0.2, -0.15) is 0 Å². The normalized spacial score (nSPS) is 19.7. The Balaban J connectivity index is 1.60. The largest absolute Gasteiger partial charge is 0.495 e. The molecule has 1 fully saturated rings. The number of nitrogens with one attached hydrogen (secondary N) is 2. The highest BCUT2D eigenvalue weighted by Crippen LogP contribution is 2.33. The van der Waals surface area contributed by atoms with E-state index in [4.69, 9.17) is 4.74 Å². The van der Waals surface area contributed by atoms with Crippen molar-refractivity contribution >= 4 is 17.4 Å². The molecule has 26 heavy (non-hydrogen) atoms. The van der Waals surface area contributed by atoms with E-state index in [9.17, 15) is 9.90 Å². The first-order chi connectivity index (χ1) is 12.5. The molecule has 1 saturated carbocycles. The molecule has 3 rings (SSSR count). The predicted molar refractivity (Wildman–Crippen MR) is 104 cm³/mol. The SMILES string of the molecule is COc1ccc(C)cc1NC(=O)Nc1ccc([C@H]2CC[C@@H](O)CC2)cc1. The first-order valence-electron chi connectivity index (χ1n) is 9.06. The summed E-state index contributed by atoms with van der Waals surface area (Å²) in [6.45, 7) is 1.96. The Bertz CT molecular complexity index is 750. The molecule has 3 N–H and O–H groups in total. The molecule has 2 aromatic carbocycles. The van der Waals surface area contributed by atoms with Crippen LogP contribution in [0.2, 0.25) is 0 Å². The van der Waals surface area contributed by atoms with Crippen molar-refractivity contribution < 1.29 is 14.6 Å². The first-order valence-corrected chi connectivity index (χ1v) is 9.06. The van der Waals surface area contributed by atoms with E-state index in [1.807, 2.05) is 37.3 Å². The first kappa shape index (κ1) is 18.3. The fraction of sp³-hybridized carbons (Fsp3) is 0.381. The van der Waals surface area contributed by atoms with Crippen molar-refractivity contribution in [2.45, 2.75) is 44.6 Å². The number of amides is 2. The number of urea groups is 1. The summed E-state index contributed by atoms with van der Waals surface area (Å²) in [5.74, 6) is 1.12. The van der Waals surface area contributed by atoms with E-state index in [1.165, 1.54) is 5.56 Å². The summed E-state index contributed by atoms with van der Waals surface area (Å²) in [5, 5.41) is 15.3. The van der Waals surface area contributed by atoms with Crippen LogP contribution >= 0.6 is 0 Å². The second-order valence-corrected chi connectivity index (χ2v) is 6.91. The standard InChI is InChI=1S/C21H26N2O3/c1-14-3-12-20(26-2)19(13-14)23-21(25)22-17-8-4-15(5-9-17)16-6-10-18(24)11-7-16/h3-5,8-9,12-13,16,18,24H,6-7,10-11H2,1-2H3,(H2,22,23,25)/t16-,18+. The van der Waals surface area contributed by atoms with Gasteiger partial charge in [-0.15, -0.1) is 0 Å². The molecule has 5 nitrogen and oxygen atoms in total. The molecule has 1 aliphatic rings. The molecule has 2 amide bonds. The number of carbonyl (C=O) groups excluding carboxylic acids is 1. The highest BCUT2D eigenvalue weighted by molar-refractivity contribution is 6.00. The number of aliphatic hydroxyl groups is 1. The zero-order chi connectivity index (χ0) is 18.5. The molecule has 138 valence electrons. The van der Waals surface area contributed by atoms with Gasteiger partial charge in [-0.05, 0) is 73.9 Å². The monoisotopic (exact) mass is 354 g/mol. The Labute approximate surface area is 154 Å². The predicted octanol–water partition coefficient (Wildman–Crippen LogP) is 4.67. The number of aryl methyl sites for hydroxylation is 1. The third-order valence-electron chi connectivity index (χ3n) is 4.94. The minimum absolute atomic E-state index is 0.144. The quantitative estimate of drug-likeness (QED) is 0.747. The van der Waals surface area contributed by atoms with Crippen molar-refractivity contribution in [3.05, 3.63) is 53.6 Å². The van der Waals surface area contributed by atoms with Gasteiger partial charge in [0.1, 0.15) is 5.75 Å². The van der Waals surface area contributed by atoms with Gasteiger partial charge in [0.2, 0.25) is 0 Å². The molecule has 0 unspecified atom stereocenters. The highest BCUT2D eigenvalue weighted by Gasteiger charge is 2.20. The van der Waals surface area contributed by atoms with Gasteiger partial charge in [0.05, 0.1) is 18.9 Å². The Morgan fingerprint density at radius 2 is 1.73 bits per heavy atom. The van der Waals surface area contributed by atoms with Gasteiger partial charge in [0, 0.05) is 5.69 Å². The number of anilines is 2. The molecular formula is C21H26N2O3. The molecule has 1 aliphatic carbocycles. The van der Waals surface area contributed by atoms with Crippen molar-refractivity contribution in [1.29, 1.82) is 0 Å². The van der Waals surface area contributed by atoms with E-state index in [0.717, 1.165) is 36.9 Å². The van der Waals surface area contributed by atoms with Crippen molar-refractivity contribution in [2.24, 2.45) is 0 Å². The van der Waals surface area contributed by atoms with Gasteiger partial charge >= 0.3 is 6.03 Å². The molecule has 0 radical (unpaired) electrons. The van der Waals surface area contributed by atoms with E-state index >= 15 is 0 Å². The maximum Gasteiger partial charge on any atom is 0.323 e. The summed E-state index contributed by atoms with van der Waals surface area (Å²) < 4.78 is 5.28. The molecule has 0 bridgehead atoms. The minimum Gasteiger partial charge on any atom is -0.495 e. The lowest BCUT2D eigenvalue weighted by molar-refractivity contribution is 0.122. The Hall–Kier alpha value is -2.53. The molecule has 0 aromatic heterocycles. The summed E-state index contributed by atoms with van der Waals surface area (Å²) in [5.41, 5.74) is 3.70. The van der Waals surface area contributed by atoms with Crippen molar-refractivity contribution in [2.75, 3.05) is 17.7 Å². The second kappa shape index (κ2) is 8.23. The summed E-state index contributed by atoms with van der Waals surface area (Å²) in [4.78, 5) is 12.3. The number of aliphatic hydroxyl groups excluding tert-OH is 1. The third kappa shape index (κ3) is 4.55. The molecular weight excluding hydrogens is 328 g/mol. The van der Waals surface area contributed by atoms with Gasteiger partial charge in [-0.3, -0.25) is 0 Å². The Morgan fingerprint density at radius 3 is 2.38 bits per heavy atom. The summed E-state index contributed by atoms with van der Waals surface area (Å²) in [7, 11) is 1.58. The molecule has 0 spiro atoms. The van der Waals surface area contributed by atoms with Gasteiger partial charge in [-0.25, -0.2) is 4.79 Å². The van der Waals surface area contributed by atoms with Crippen LogP contribution in [0.25, 0.3) is 0 Å². The Morgan fingerprint density at radius 1 is 1.04 bits per heavy atom. The van der Waals surface area contributed by atoms with Crippen molar-refractivity contribution in [3.63, 3.8) is 0 Å². The van der Waals surface area contributed by atoms with Crippen LogP contribution in [0.1, 0.15) is 42.7 Å². The molecule has 2 aromatic rings. The molecule has 0 aliphatic heterocycles. The van der Waals surface area contributed by atoms with Crippen LogP contribution in [0.15, 0.2) is 42.5 Å². The summed E-state index contributed by atoms with van der Waals surface area (Å²) in [6.07, 6.45) is 3.62. The van der Waals surface area contributed by atoms with Crippen LogP contribution in [0, 0.1) is 6.92 Å². The molecule has 0 heterocycles. The number of methoxy groups -OCH3 is 1. The van der Waals surface area contributed by atoms with Crippen LogP contribution in [-0.4, -0.2) is 24.4 Å². The van der Waals surface area contributed by atoms with Crippen molar-refractivity contribution in [3.8, 4) is 5.75 Å². The fourth-order valence-corrected chi connectivity index (χ4v) is 3.45. The smallest absolute Gasteiger partial charge is 0.323 e. The van der Waals surface area contributed by atoms with E-state index in [2.05, 4.69) is 22.8 Å². The van der Waals surface area contributed by atoms with Crippen LogP contribution in [0.5, 0.6) is 5.75 Å². The van der Waals surface area contributed by atoms with E-state index in [0.29, 0.717) is 17.4 Å². The lowest BCUT2D eigenvalue weighted by Gasteiger charge is -2.25. The number of ether oxygens (including phenoxy) is 1. The zero-order valence-electron chi connectivity index (χ0n) is 15.3. The number of hydrogen-bond acceptors (Lipinski definition) is 3. The lowest BCUT2D eigenvalue weighted by atomic mass is 9.83. The minimum atomic E-state index is -0.303. The maximum absolute atomic E-state index is 12.3. The van der Waals surface area contributed by atoms with Crippen LogP contribution in [0.4, 0.5) is 16.2 Å². The van der Waals surface area contributed by atoms with E-state index in [1.54, 1.807) is 7.11 Å². The highest BCUT2D eigenvalue weighted by atomic mass is 16.5. The summed E-state index contributed by atoms with van der Waals surface area (Å²) >= 11 is 0. The van der Waals surface area contributed by atoms with Crippen LogP contribution in [-0.2, 0) is 0 Å². The number of hydrogen-bond donors (Lipinski definition) is 3. The number of rotatable bonds is 4. The van der Waals surface area contributed by atoms with Crippen LogP contribution in [0.3, 0.4) is 0 Å². The molecule has 5 heteroatoms. The number of benzene rings is 2. The Kier molecular flexibility index (Phi) is 5.78. The zero-order valence-corrected chi connectivity index (χ0v) is 15.3. The van der Waals surface area contributed by atoms with Crippen molar-refractivity contribution in [1.82, 2.24) is 0 Å². The molecule has 0 saturated heterocycles. The summed E-state index contributed by atoms with van der Waals surface area (Å²) in [6, 6.07) is 13.3. The average molecular weight is 354 g/mol. The fourth-order valence-electron chi connectivity index (χ4n) is 3.45. The maximum atomic E-state index is 12.3. The topological polar surface area (TPSA) is 70.6 Å². The molecule has 0 atom stereocenters. The average Bonchev–Trinajstić information content (AvgIpc) is 2.63. The van der Waals surface area contributed by atoms with Gasteiger partial charge in [0.25, 0.3) is 0 Å². The van der Waals surface area contributed by atoms with Gasteiger partial charge in [-0.1, -0.05) is 18.2 Å². The van der Waals surface area contributed by atoms with E-state index < -0.39 is 0 Å². The lowest BCUT2D eigenvalue weighted by Crippen LogP contribution is -2.20. The van der Waals surface area contributed by atoms with Crippen LogP contribution < -0.4 is 15.4 Å². The number of carbonyl (C=O) groups is 1. The van der Waals surface area contributed by atoms with Gasteiger partial charge < -0.3 is 20.5 Å². The second-order valence-electron chi connectivity index (χ2n) is 6.91.